The normalized spacial score (nSPS) is 12.1. The average molecular weight is 358 g/mol. The molecule has 0 unspecified atom stereocenters. The molecular weight excluding hydrogens is 340 g/mol. The highest BCUT2D eigenvalue weighted by molar-refractivity contribution is 7.89. The molecule has 130 valence electrons. The molecule has 0 aliphatic rings. The molecule has 1 heterocycles. The summed E-state index contributed by atoms with van der Waals surface area (Å²) in [5.41, 5.74) is 3.08. The molecule has 0 saturated carbocycles. The molecule has 1 aromatic heterocycles. The molecule has 2 aromatic carbocycles. The first-order valence-electron chi connectivity index (χ1n) is 7.56. The Balaban J connectivity index is 1.85. The van der Waals surface area contributed by atoms with E-state index in [0.717, 1.165) is 16.6 Å². The first kappa shape index (κ1) is 17.0. The van der Waals surface area contributed by atoms with Gasteiger partial charge >= 0.3 is 5.69 Å². The maximum absolute atomic E-state index is 12.2. The van der Waals surface area contributed by atoms with Crippen LogP contribution in [0.1, 0.15) is 11.1 Å². The van der Waals surface area contributed by atoms with E-state index in [9.17, 15) is 13.2 Å². The van der Waals surface area contributed by atoms with E-state index in [1.807, 2.05) is 6.92 Å². The van der Waals surface area contributed by atoms with Gasteiger partial charge in [-0.2, -0.15) is 13.5 Å². The van der Waals surface area contributed by atoms with Crippen LogP contribution in [0.5, 0.6) is 0 Å². The lowest BCUT2D eigenvalue weighted by Crippen LogP contribution is -2.19. The zero-order valence-electron chi connectivity index (χ0n) is 14.1. The van der Waals surface area contributed by atoms with Gasteiger partial charge in [0.25, 0.3) is 10.0 Å². The van der Waals surface area contributed by atoms with Gasteiger partial charge < -0.3 is 0 Å². The Hall–Kier alpha value is -2.87. The molecular formula is C17H18N4O3S. The maximum Gasteiger partial charge on any atom is 0.328 e. The number of aryl methyl sites for hydroxylation is 3. The first-order chi connectivity index (χ1) is 11.8. The van der Waals surface area contributed by atoms with Gasteiger partial charge in [-0.15, -0.1) is 0 Å². The average Bonchev–Trinajstić information content (AvgIpc) is 2.79. The van der Waals surface area contributed by atoms with Gasteiger partial charge in [0.2, 0.25) is 0 Å². The minimum absolute atomic E-state index is 0.121. The fourth-order valence-corrected chi connectivity index (χ4v) is 3.34. The molecule has 0 aliphatic carbocycles. The van der Waals surface area contributed by atoms with Gasteiger partial charge in [0.1, 0.15) is 0 Å². The predicted molar refractivity (Wildman–Crippen MR) is 97.3 cm³/mol. The monoisotopic (exact) mass is 358 g/mol. The number of benzene rings is 2. The van der Waals surface area contributed by atoms with Gasteiger partial charge in [0.15, 0.2) is 0 Å². The van der Waals surface area contributed by atoms with E-state index in [-0.39, 0.29) is 10.6 Å². The molecule has 25 heavy (non-hydrogen) atoms. The Morgan fingerprint density at radius 3 is 2.32 bits per heavy atom. The lowest BCUT2D eigenvalue weighted by Gasteiger charge is -2.03. The van der Waals surface area contributed by atoms with Crippen molar-refractivity contribution in [3.05, 3.63) is 64.1 Å². The second kappa shape index (κ2) is 6.21. The number of nitrogens with one attached hydrogen (secondary N) is 1. The number of sulfonamides is 1. The number of aromatic nitrogens is 2. The second-order valence-corrected chi connectivity index (χ2v) is 7.48. The van der Waals surface area contributed by atoms with E-state index in [0.29, 0.717) is 5.56 Å². The van der Waals surface area contributed by atoms with E-state index in [1.54, 1.807) is 49.0 Å². The molecule has 0 radical (unpaired) electrons. The molecule has 0 atom stereocenters. The largest absolute Gasteiger partial charge is 0.328 e. The third kappa shape index (κ3) is 3.20. The summed E-state index contributed by atoms with van der Waals surface area (Å²) in [6.45, 7) is 1.88. The third-order valence-electron chi connectivity index (χ3n) is 4.01. The van der Waals surface area contributed by atoms with Gasteiger partial charge in [-0.05, 0) is 36.8 Å². The number of hydrogen-bond acceptors (Lipinski definition) is 4. The number of rotatable bonds is 4. The minimum Gasteiger partial charge on any atom is -0.295 e. The van der Waals surface area contributed by atoms with Crippen molar-refractivity contribution in [2.75, 3.05) is 0 Å². The van der Waals surface area contributed by atoms with Crippen molar-refractivity contribution in [3.8, 4) is 0 Å². The van der Waals surface area contributed by atoms with Gasteiger partial charge in [-0.1, -0.05) is 23.8 Å². The van der Waals surface area contributed by atoms with Crippen LogP contribution in [0.25, 0.3) is 11.0 Å². The van der Waals surface area contributed by atoms with Crippen molar-refractivity contribution in [1.29, 1.82) is 0 Å². The molecule has 0 amide bonds. The van der Waals surface area contributed by atoms with Crippen LogP contribution in [0, 0.1) is 6.92 Å². The summed E-state index contributed by atoms with van der Waals surface area (Å²) in [6.07, 6.45) is 1.41. The Morgan fingerprint density at radius 2 is 1.64 bits per heavy atom. The summed E-state index contributed by atoms with van der Waals surface area (Å²) in [7, 11) is -0.319. The molecule has 1 N–H and O–H groups in total. The van der Waals surface area contributed by atoms with Crippen LogP contribution in [-0.4, -0.2) is 23.8 Å². The highest BCUT2D eigenvalue weighted by atomic mass is 32.2. The maximum atomic E-state index is 12.2. The minimum atomic E-state index is -3.71. The van der Waals surface area contributed by atoms with Gasteiger partial charge in [0, 0.05) is 14.1 Å². The van der Waals surface area contributed by atoms with Crippen LogP contribution in [0.15, 0.2) is 57.3 Å². The molecule has 0 saturated heterocycles. The van der Waals surface area contributed by atoms with Crippen molar-refractivity contribution in [3.63, 3.8) is 0 Å². The van der Waals surface area contributed by atoms with Crippen LogP contribution in [0.2, 0.25) is 0 Å². The molecule has 0 aliphatic heterocycles. The van der Waals surface area contributed by atoms with Crippen LogP contribution in [0.4, 0.5) is 0 Å². The lowest BCUT2D eigenvalue weighted by atomic mass is 10.2. The van der Waals surface area contributed by atoms with Gasteiger partial charge in [-0.3, -0.25) is 9.13 Å². The van der Waals surface area contributed by atoms with Crippen molar-refractivity contribution >= 4 is 27.3 Å². The zero-order chi connectivity index (χ0) is 18.2. The molecule has 3 aromatic rings. The second-order valence-electron chi connectivity index (χ2n) is 5.81. The quantitative estimate of drug-likeness (QED) is 0.566. The Morgan fingerprint density at radius 1 is 1.00 bits per heavy atom. The fourth-order valence-electron chi connectivity index (χ4n) is 2.54. The number of hydrazone groups is 1. The SMILES string of the molecule is Cc1ccc(S(=O)(=O)NN=Cc2ccc3c(c2)n(C)c(=O)n3C)cc1. The Labute approximate surface area is 145 Å². The van der Waals surface area contributed by atoms with Crippen LogP contribution >= 0.6 is 0 Å². The van der Waals surface area contributed by atoms with Crippen molar-refractivity contribution in [2.45, 2.75) is 11.8 Å². The fraction of sp³-hybridized carbons (Fsp3) is 0.176. The summed E-state index contributed by atoms with van der Waals surface area (Å²) in [5.74, 6) is 0. The van der Waals surface area contributed by atoms with E-state index < -0.39 is 10.0 Å². The summed E-state index contributed by atoms with van der Waals surface area (Å²) in [6, 6.07) is 11.8. The van der Waals surface area contributed by atoms with E-state index in [2.05, 4.69) is 9.93 Å². The molecule has 0 spiro atoms. The van der Waals surface area contributed by atoms with Crippen molar-refractivity contribution in [1.82, 2.24) is 14.0 Å². The third-order valence-corrected chi connectivity index (χ3v) is 5.25. The van der Waals surface area contributed by atoms with E-state index >= 15 is 0 Å². The standard InChI is InChI=1S/C17H18N4O3S/c1-12-4-7-14(8-5-12)25(23,24)19-18-11-13-6-9-15-16(10-13)21(3)17(22)20(15)2/h4-11,19H,1-3H3. The number of fused-ring (bicyclic) bond motifs is 1. The van der Waals surface area contributed by atoms with E-state index in [4.69, 9.17) is 0 Å². The molecule has 8 heteroatoms. The van der Waals surface area contributed by atoms with Crippen LogP contribution in [0.3, 0.4) is 0 Å². The van der Waals surface area contributed by atoms with E-state index in [1.165, 1.54) is 22.9 Å². The number of nitrogens with zero attached hydrogens (tertiary/aromatic N) is 3. The summed E-state index contributed by atoms with van der Waals surface area (Å²) in [4.78, 5) is 14.3. The number of hydrogen-bond donors (Lipinski definition) is 1. The highest BCUT2D eigenvalue weighted by Crippen LogP contribution is 2.13. The molecule has 3 rings (SSSR count). The highest BCUT2D eigenvalue weighted by Gasteiger charge is 2.12. The number of imidazole rings is 1. The van der Waals surface area contributed by atoms with Crippen LogP contribution < -0.4 is 10.5 Å². The van der Waals surface area contributed by atoms with Gasteiger partial charge in [0.05, 0.1) is 22.1 Å². The predicted octanol–water partition coefficient (Wildman–Crippen LogP) is 1.50. The summed E-state index contributed by atoms with van der Waals surface area (Å²) < 4.78 is 27.4. The summed E-state index contributed by atoms with van der Waals surface area (Å²) >= 11 is 0. The van der Waals surface area contributed by atoms with Crippen molar-refractivity contribution < 1.29 is 8.42 Å². The van der Waals surface area contributed by atoms with Gasteiger partial charge in [-0.25, -0.2) is 9.63 Å². The molecule has 0 fully saturated rings. The molecule has 0 bridgehead atoms. The Kier molecular flexibility index (Phi) is 4.22. The van der Waals surface area contributed by atoms with Crippen LogP contribution in [-0.2, 0) is 24.1 Å². The smallest absolute Gasteiger partial charge is 0.295 e. The lowest BCUT2D eigenvalue weighted by molar-refractivity contribution is 0.584. The topological polar surface area (TPSA) is 85.5 Å². The zero-order valence-corrected chi connectivity index (χ0v) is 14.9. The first-order valence-corrected chi connectivity index (χ1v) is 9.05. The Bertz CT molecular complexity index is 1120. The summed E-state index contributed by atoms with van der Waals surface area (Å²) in [5, 5.41) is 3.82. The van der Waals surface area contributed by atoms with Crippen molar-refractivity contribution in [2.24, 2.45) is 19.2 Å². The molecule has 7 nitrogen and oxygen atoms in total.